The van der Waals surface area contributed by atoms with Gasteiger partial charge in [-0.05, 0) is 38.0 Å². The second-order valence-corrected chi connectivity index (χ2v) is 5.78. The zero-order valence-corrected chi connectivity index (χ0v) is 13.2. The average molecular weight is 311 g/mol. The zero-order chi connectivity index (χ0) is 16.2. The predicted molar refractivity (Wildman–Crippen MR) is 90.5 cm³/mol. The third kappa shape index (κ3) is 3.59. The normalized spacial score (nSPS) is 14.0. The monoisotopic (exact) mass is 311 g/mol. The van der Waals surface area contributed by atoms with Gasteiger partial charge in [-0.25, -0.2) is 4.98 Å². The standard InChI is InChI=1S/C17H21N5O/c1-12-4-5-13(17(21-12)22-8-2-3-9-22)11-20-14-6-7-19-15(10-14)16(18)23/h4-7,10H,2-3,8-9,11H2,1H3,(H2,18,23)(H,19,20). The Morgan fingerprint density at radius 2 is 2.09 bits per heavy atom. The quantitative estimate of drug-likeness (QED) is 0.883. The van der Waals surface area contributed by atoms with Gasteiger partial charge in [0, 0.05) is 42.8 Å². The number of carbonyl (C=O) groups is 1. The van der Waals surface area contributed by atoms with Crippen molar-refractivity contribution in [1.29, 1.82) is 0 Å². The van der Waals surface area contributed by atoms with Crippen molar-refractivity contribution in [2.24, 2.45) is 5.73 Å². The molecular weight excluding hydrogens is 290 g/mol. The molecule has 3 heterocycles. The van der Waals surface area contributed by atoms with Crippen LogP contribution in [0.1, 0.15) is 34.6 Å². The molecule has 0 aliphatic carbocycles. The molecule has 1 aliphatic heterocycles. The molecule has 0 saturated carbocycles. The van der Waals surface area contributed by atoms with Crippen LogP contribution in [0, 0.1) is 6.92 Å². The highest BCUT2D eigenvalue weighted by molar-refractivity contribution is 5.91. The first kappa shape index (κ1) is 15.3. The Morgan fingerprint density at radius 1 is 1.30 bits per heavy atom. The summed E-state index contributed by atoms with van der Waals surface area (Å²) in [6.45, 7) is 4.77. The summed E-state index contributed by atoms with van der Waals surface area (Å²) < 4.78 is 0. The minimum atomic E-state index is -0.525. The van der Waals surface area contributed by atoms with Gasteiger partial charge < -0.3 is 16.0 Å². The molecular formula is C17H21N5O. The number of nitrogens with zero attached hydrogens (tertiary/aromatic N) is 3. The summed E-state index contributed by atoms with van der Waals surface area (Å²) in [4.78, 5) is 22.2. The fourth-order valence-electron chi connectivity index (χ4n) is 2.79. The van der Waals surface area contributed by atoms with E-state index in [1.807, 2.05) is 19.1 Å². The van der Waals surface area contributed by atoms with Crippen LogP contribution in [0.4, 0.5) is 11.5 Å². The van der Waals surface area contributed by atoms with Crippen LogP contribution in [-0.2, 0) is 6.54 Å². The lowest BCUT2D eigenvalue weighted by Crippen LogP contribution is -2.22. The number of pyridine rings is 2. The molecule has 0 spiro atoms. The first-order valence-electron chi connectivity index (χ1n) is 7.85. The van der Waals surface area contributed by atoms with E-state index in [1.54, 1.807) is 12.3 Å². The molecule has 1 aliphatic rings. The van der Waals surface area contributed by atoms with E-state index in [0.717, 1.165) is 35.9 Å². The third-order valence-electron chi connectivity index (χ3n) is 4.00. The summed E-state index contributed by atoms with van der Waals surface area (Å²) in [5.41, 5.74) is 8.52. The number of hydrogen-bond acceptors (Lipinski definition) is 5. The van der Waals surface area contributed by atoms with Crippen LogP contribution in [-0.4, -0.2) is 29.0 Å². The zero-order valence-electron chi connectivity index (χ0n) is 13.2. The molecule has 0 aromatic carbocycles. The summed E-state index contributed by atoms with van der Waals surface area (Å²) in [6.07, 6.45) is 4.01. The molecule has 0 radical (unpaired) electrons. The highest BCUT2D eigenvalue weighted by atomic mass is 16.1. The topological polar surface area (TPSA) is 84.1 Å². The molecule has 120 valence electrons. The molecule has 6 nitrogen and oxygen atoms in total. The van der Waals surface area contributed by atoms with Crippen molar-refractivity contribution in [2.75, 3.05) is 23.3 Å². The van der Waals surface area contributed by atoms with Crippen LogP contribution in [0.25, 0.3) is 0 Å². The molecule has 0 bridgehead atoms. The van der Waals surface area contributed by atoms with Gasteiger partial charge in [-0.15, -0.1) is 0 Å². The van der Waals surface area contributed by atoms with Gasteiger partial charge in [0.1, 0.15) is 11.5 Å². The van der Waals surface area contributed by atoms with Gasteiger partial charge in [0.25, 0.3) is 5.91 Å². The van der Waals surface area contributed by atoms with Crippen LogP contribution < -0.4 is 16.0 Å². The second kappa shape index (κ2) is 6.64. The van der Waals surface area contributed by atoms with Crippen molar-refractivity contribution in [1.82, 2.24) is 9.97 Å². The number of carbonyl (C=O) groups excluding carboxylic acids is 1. The molecule has 23 heavy (non-hydrogen) atoms. The van der Waals surface area contributed by atoms with Gasteiger partial charge in [0.15, 0.2) is 0 Å². The van der Waals surface area contributed by atoms with E-state index in [1.165, 1.54) is 12.8 Å². The molecule has 6 heteroatoms. The van der Waals surface area contributed by atoms with Crippen molar-refractivity contribution in [3.63, 3.8) is 0 Å². The first-order valence-corrected chi connectivity index (χ1v) is 7.85. The summed E-state index contributed by atoms with van der Waals surface area (Å²) in [5.74, 6) is 0.530. The lowest BCUT2D eigenvalue weighted by Gasteiger charge is -2.21. The summed E-state index contributed by atoms with van der Waals surface area (Å²) >= 11 is 0. The molecule has 1 saturated heterocycles. The minimum absolute atomic E-state index is 0.261. The first-order chi connectivity index (χ1) is 11.1. The van der Waals surface area contributed by atoms with Crippen LogP contribution in [0.15, 0.2) is 30.5 Å². The Bertz CT molecular complexity index is 710. The molecule has 1 fully saturated rings. The van der Waals surface area contributed by atoms with E-state index >= 15 is 0 Å². The van der Waals surface area contributed by atoms with Gasteiger partial charge in [-0.1, -0.05) is 6.07 Å². The largest absolute Gasteiger partial charge is 0.381 e. The van der Waals surface area contributed by atoms with Crippen molar-refractivity contribution >= 4 is 17.4 Å². The van der Waals surface area contributed by atoms with Crippen LogP contribution in [0.5, 0.6) is 0 Å². The SMILES string of the molecule is Cc1ccc(CNc2ccnc(C(N)=O)c2)c(N2CCCC2)n1. The van der Waals surface area contributed by atoms with Crippen molar-refractivity contribution in [3.8, 4) is 0 Å². The van der Waals surface area contributed by atoms with E-state index < -0.39 is 5.91 Å². The molecule has 2 aromatic rings. The Balaban J connectivity index is 1.77. The number of aryl methyl sites for hydroxylation is 1. The van der Waals surface area contributed by atoms with E-state index in [0.29, 0.717) is 6.54 Å². The van der Waals surface area contributed by atoms with Gasteiger partial charge in [-0.2, -0.15) is 0 Å². The predicted octanol–water partition coefficient (Wildman–Crippen LogP) is 2.10. The van der Waals surface area contributed by atoms with Crippen molar-refractivity contribution in [3.05, 3.63) is 47.4 Å². The highest BCUT2D eigenvalue weighted by Crippen LogP contribution is 2.24. The fourth-order valence-corrected chi connectivity index (χ4v) is 2.79. The van der Waals surface area contributed by atoms with E-state index in [4.69, 9.17) is 10.7 Å². The lowest BCUT2D eigenvalue weighted by molar-refractivity contribution is 0.0995. The number of aromatic nitrogens is 2. The summed E-state index contributed by atoms with van der Waals surface area (Å²) in [5, 5.41) is 3.33. The molecule has 0 atom stereocenters. The Labute approximate surface area is 135 Å². The highest BCUT2D eigenvalue weighted by Gasteiger charge is 2.17. The van der Waals surface area contributed by atoms with Crippen LogP contribution in [0.3, 0.4) is 0 Å². The Hall–Kier alpha value is -2.63. The number of nitrogens with one attached hydrogen (secondary N) is 1. The van der Waals surface area contributed by atoms with Crippen LogP contribution in [0.2, 0.25) is 0 Å². The third-order valence-corrected chi connectivity index (χ3v) is 4.00. The van der Waals surface area contributed by atoms with Gasteiger partial charge in [-0.3, -0.25) is 9.78 Å². The van der Waals surface area contributed by atoms with Crippen molar-refractivity contribution < 1.29 is 4.79 Å². The van der Waals surface area contributed by atoms with E-state index in [9.17, 15) is 4.79 Å². The number of anilines is 2. The smallest absolute Gasteiger partial charge is 0.267 e. The number of primary amides is 1. The maximum atomic E-state index is 11.2. The van der Waals surface area contributed by atoms with E-state index in [-0.39, 0.29) is 5.69 Å². The molecule has 0 unspecified atom stereocenters. The number of rotatable bonds is 5. The average Bonchev–Trinajstić information content (AvgIpc) is 3.08. The minimum Gasteiger partial charge on any atom is -0.381 e. The van der Waals surface area contributed by atoms with Crippen LogP contribution >= 0.6 is 0 Å². The Morgan fingerprint density at radius 3 is 2.83 bits per heavy atom. The molecule has 1 amide bonds. The van der Waals surface area contributed by atoms with Gasteiger partial charge >= 0.3 is 0 Å². The summed E-state index contributed by atoms with van der Waals surface area (Å²) in [7, 11) is 0. The number of hydrogen-bond donors (Lipinski definition) is 2. The molecule has 2 aromatic heterocycles. The lowest BCUT2D eigenvalue weighted by atomic mass is 10.2. The fraction of sp³-hybridized carbons (Fsp3) is 0.353. The Kier molecular flexibility index (Phi) is 4.41. The number of amides is 1. The summed E-state index contributed by atoms with van der Waals surface area (Å²) in [6, 6.07) is 7.63. The number of nitrogens with two attached hydrogens (primary N) is 1. The van der Waals surface area contributed by atoms with E-state index in [2.05, 4.69) is 21.3 Å². The van der Waals surface area contributed by atoms with Gasteiger partial charge in [0.2, 0.25) is 0 Å². The maximum Gasteiger partial charge on any atom is 0.267 e. The maximum absolute atomic E-state index is 11.2. The molecule has 3 N–H and O–H groups in total. The van der Waals surface area contributed by atoms with Crippen molar-refractivity contribution in [2.45, 2.75) is 26.3 Å². The molecule has 3 rings (SSSR count). The second-order valence-electron chi connectivity index (χ2n) is 5.78. The van der Waals surface area contributed by atoms with Gasteiger partial charge in [0.05, 0.1) is 0 Å².